The molecule has 2 N–H and O–H groups in total. The van der Waals surface area contributed by atoms with Crippen molar-refractivity contribution in [1.82, 2.24) is 25.0 Å². The number of halogens is 4. The predicted octanol–water partition coefficient (Wildman–Crippen LogP) is 6.61. The maximum Gasteiger partial charge on any atom is 0.263 e. The average molecular weight is 569 g/mol. The minimum atomic E-state index is -2.57. The Balaban J connectivity index is 1.59. The fraction of sp³-hybridized carbons (Fsp3) is 0.393. The molecule has 208 valence electrons. The molecule has 1 fully saturated rings. The number of benzene rings is 1. The number of hydrogen-bond donors (Lipinski definition) is 2. The number of anilines is 2. The van der Waals surface area contributed by atoms with E-state index in [0.717, 1.165) is 0 Å². The van der Waals surface area contributed by atoms with Gasteiger partial charge in [0.25, 0.3) is 6.43 Å². The second-order valence-corrected chi connectivity index (χ2v) is 11.6. The Labute approximate surface area is 234 Å². The third-order valence-electron chi connectivity index (χ3n) is 6.99. The van der Waals surface area contributed by atoms with Gasteiger partial charge in [-0.25, -0.2) is 23.4 Å². The van der Waals surface area contributed by atoms with Gasteiger partial charge in [-0.1, -0.05) is 43.7 Å². The first-order valence-corrected chi connectivity index (χ1v) is 13.2. The molecule has 0 spiro atoms. The van der Waals surface area contributed by atoms with Crippen molar-refractivity contribution in [2.24, 2.45) is 5.41 Å². The van der Waals surface area contributed by atoms with Gasteiger partial charge in [-0.3, -0.25) is 0 Å². The molecule has 0 radical (unpaired) electrons. The Morgan fingerprint density at radius 2 is 1.93 bits per heavy atom. The van der Waals surface area contributed by atoms with Gasteiger partial charge < -0.3 is 10.6 Å². The Kier molecular flexibility index (Phi) is 7.08. The van der Waals surface area contributed by atoms with Gasteiger partial charge in [0.1, 0.15) is 28.0 Å². The van der Waals surface area contributed by atoms with Crippen molar-refractivity contribution in [1.29, 1.82) is 5.26 Å². The van der Waals surface area contributed by atoms with Gasteiger partial charge in [-0.05, 0) is 49.4 Å². The molecule has 1 unspecified atom stereocenters. The van der Waals surface area contributed by atoms with Crippen LogP contribution in [0.5, 0.6) is 0 Å². The van der Waals surface area contributed by atoms with E-state index in [1.807, 2.05) is 6.07 Å². The Hall–Kier alpha value is -3.91. The fourth-order valence-corrected chi connectivity index (χ4v) is 4.82. The smallest absolute Gasteiger partial charge is 0.263 e. The maximum absolute atomic E-state index is 13.9. The van der Waals surface area contributed by atoms with Crippen LogP contribution in [0.2, 0.25) is 5.15 Å². The molecule has 5 rings (SSSR count). The third-order valence-corrected chi connectivity index (χ3v) is 7.27. The van der Waals surface area contributed by atoms with E-state index in [4.69, 9.17) is 11.6 Å². The molecule has 0 aliphatic heterocycles. The topological polar surface area (TPSA) is 104 Å². The predicted molar refractivity (Wildman–Crippen MR) is 147 cm³/mol. The fourth-order valence-electron chi connectivity index (χ4n) is 4.59. The van der Waals surface area contributed by atoms with Crippen molar-refractivity contribution in [3.05, 3.63) is 70.1 Å². The van der Waals surface area contributed by atoms with Crippen LogP contribution in [-0.2, 0) is 5.54 Å². The van der Waals surface area contributed by atoms with Crippen LogP contribution in [0.15, 0.2) is 36.5 Å². The highest BCUT2D eigenvalue weighted by molar-refractivity contribution is 6.31. The van der Waals surface area contributed by atoms with E-state index in [0.29, 0.717) is 58.6 Å². The summed E-state index contributed by atoms with van der Waals surface area (Å²) in [4.78, 5) is 8.34. The summed E-state index contributed by atoms with van der Waals surface area (Å²) < 4.78 is 42.6. The van der Waals surface area contributed by atoms with Gasteiger partial charge >= 0.3 is 0 Å². The number of alkyl halides is 2. The Bertz CT molecular complexity index is 1620. The zero-order chi connectivity index (χ0) is 28.8. The molecular weight excluding hydrogens is 541 g/mol. The van der Waals surface area contributed by atoms with Crippen LogP contribution in [0.4, 0.5) is 24.5 Å². The highest BCUT2D eigenvalue weighted by Gasteiger charge is 2.54. The summed E-state index contributed by atoms with van der Waals surface area (Å²) in [6, 6.07) is 9.67. The third kappa shape index (κ3) is 5.28. The van der Waals surface area contributed by atoms with Crippen molar-refractivity contribution in [2.75, 3.05) is 17.2 Å². The molecule has 12 heteroatoms. The van der Waals surface area contributed by atoms with Gasteiger partial charge in [0.15, 0.2) is 0 Å². The number of aromatic nitrogens is 5. The number of nitriles is 1. The van der Waals surface area contributed by atoms with Gasteiger partial charge in [-0.15, -0.1) is 5.10 Å². The maximum atomic E-state index is 13.9. The van der Waals surface area contributed by atoms with E-state index in [1.165, 1.54) is 16.9 Å². The van der Waals surface area contributed by atoms with E-state index >= 15 is 0 Å². The molecule has 1 aliphatic rings. The SMILES string of the molecule is Cc1nc(F)ccc1C(Nc1ccc2nc(Cl)c(C#N)c(NCC(C)(C)C)c2c1)c1cn(C2(C(F)F)CC2)nn1. The zero-order valence-electron chi connectivity index (χ0n) is 22.4. The van der Waals surface area contributed by atoms with Crippen LogP contribution in [0.25, 0.3) is 10.9 Å². The second-order valence-electron chi connectivity index (χ2n) is 11.3. The van der Waals surface area contributed by atoms with Crippen molar-refractivity contribution < 1.29 is 13.2 Å². The monoisotopic (exact) mass is 568 g/mol. The normalized spacial score (nSPS) is 15.2. The lowest BCUT2D eigenvalue weighted by Crippen LogP contribution is -2.26. The van der Waals surface area contributed by atoms with Gasteiger partial charge in [0.05, 0.1) is 23.4 Å². The zero-order valence-corrected chi connectivity index (χ0v) is 23.2. The van der Waals surface area contributed by atoms with Gasteiger partial charge in [0.2, 0.25) is 5.95 Å². The highest BCUT2D eigenvalue weighted by atomic mass is 35.5. The standard InChI is InChI=1S/C28H28ClF3N8/c1-15-17(6-8-22(30)35-15)24(21-13-40(39-38-21)28(9-10-28)26(31)32)36-16-5-7-20-18(11-16)23(34-14-27(2,3)4)19(12-33)25(29)37-20/h5-8,11,13,24,26,36H,9-10,14H2,1-4H3,(H,34,37). The van der Waals surface area contributed by atoms with Crippen molar-refractivity contribution in [3.8, 4) is 6.07 Å². The van der Waals surface area contributed by atoms with Crippen molar-refractivity contribution in [3.63, 3.8) is 0 Å². The molecular formula is C28H28ClF3N8. The van der Waals surface area contributed by atoms with E-state index in [1.54, 1.807) is 25.1 Å². The summed E-state index contributed by atoms with van der Waals surface area (Å²) in [5, 5.41) is 25.6. The number of nitrogens with zero attached hydrogens (tertiary/aromatic N) is 6. The first-order valence-electron chi connectivity index (χ1n) is 12.8. The summed E-state index contributed by atoms with van der Waals surface area (Å²) in [6.07, 6.45) is -0.439. The minimum absolute atomic E-state index is 0.0775. The van der Waals surface area contributed by atoms with E-state index < -0.39 is 24.0 Å². The van der Waals surface area contributed by atoms with Crippen LogP contribution in [0.3, 0.4) is 0 Å². The first-order chi connectivity index (χ1) is 18.9. The number of nitrogens with one attached hydrogen (secondary N) is 2. The molecule has 40 heavy (non-hydrogen) atoms. The molecule has 4 aromatic rings. The highest BCUT2D eigenvalue weighted by Crippen LogP contribution is 2.48. The summed E-state index contributed by atoms with van der Waals surface area (Å²) in [6.45, 7) is 8.45. The van der Waals surface area contributed by atoms with Crippen molar-refractivity contribution >= 4 is 33.9 Å². The van der Waals surface area contributed by atoms with Crippen LogP contribution in [0.1, 0.15) is 62.2 Å². The summed E-state index contributed by atoms with van der Waals surface area (Å²) >= 11 is 6.34. The molecule has 0 amide bonds. The van der Waals surface area contributed by atoms with Gasteiger partial charge in [0, 0.05) is 28.9 Å². The first kappa shape index (κ1) is 27.6. The number of fused-ring (bicyclic) bond motifs is 1. The Morgan fingerprint density at radius 1 is 1.18 bits per heavy atom. The molecule has 0 bridgehead atoms. The van der Waals surface area contributed by atoms with E-state index in [-0.39, 0.29) is 16.1 Å². The Morgan fingerprint density at radius 3 is 2.55 bits per heavy atom. The quantitative estimate of drug-likeness (QED) is 0.230. The summed E-state index contributed by atoms with van der Waals surface area (Å²) in [5.41, 5.74) is 1.97. The number of pyridine rings is 2. The van der Waals surface area contributed by atoms with Crippen LogP contribution in [0, 0.1) is 29.6 Å². The molecule has 1 aromatic carbocycles. The molecule has 1 aliphatic carbocycles. The van der Waals surface area contributed by atoms with E-state index in [9.17, 15) is 18.4 Å². The lowest BCUT2D eigenvalue weighted by atomic mass is 9.96. The summed E-state index contributed by atoms with van der Waals surface area (Å²) in [5.74, 6) is -0.634. The molecule has 3 heterocycles. The lowest BCUT2D eigenvalue weighted by molar-refractivity contribution is 0.0593. The van der Waals surface area contributed by atoms with Crippen LogP contribution in [-0.4, -0.2) is 37.9 Å². The van der Waals surface area contributed by atoms with Crippen LogP contribution < -0.4 is 10.6 Å². The van der Waals surface area contributed by atoms with Gasteiger partial charge in [-0.2, -0.15) is 9.65 Å². The molecule has 1 atom stereocenters. The number of aryl methyl sites for hydroxylation is 1. The number of hydrogen-bond acceptors (Lipinski definition) is 7. The summed E-state index contributed by atoms with van der Waals surface area (Å²) in [7, 11) is 0. The van der Waals surface area contributed by atoms with Crippen LogP contribution >= 0.6 is 11.6 Å². The molecule has 0 saturated heterocycles. The largest absolute Gasteiger partial charge is 0.383 e. The van der Waals surface area contributed by atoms with E-state index in [2.05, 4.69) is 57.8 Å². The second kappa shape index (κ2) is 10.2. The lowest BCUT2D eigenvalue weighted by Gasteiger charge is -2.23. The molecule has 3 aromatic heterocycles. The number of rotatable bonds is 8. The van der Waals surface area contributed by atoms with Crippen molar-refractivity contribution in [2.45, 2.75) is 58.5 Å². The minimum Gasteiger partial charge on any atom is -0.383 e. The molecule has 8 nitrogen and oxygen atoms in total. The average Bonchev–Trinajstić information content (AvgIpc) is 3.56. The molecule has 1 saturated carbocycles.